The van der Waals surface area contributed by atoms with Gasteiger partial charge in [-0.1, -0.05) is 13.8 Å². The molecular weight excluding hydrogens is 238 g/mol. The van der Waals surface area contributed by atoms with E-state index in [-0.39, 0.29) is 0 Å². The van der Waals surface area contributed by atoms with Gasteiger partial charge >= 0.3 is 0 Å². The number of hydrogen-bond acceptors (Lipinski definition) is 3. The lowest BCUT2D eigenvalue weighted by atomic mass is 9.88. The van der Waals surface area contributed by atoms with E-state index in [1.165, 1.54) is 0 Å². The van der Waals surface area contributed by atoms with Gasteiger partial charge in [0.2, 0.25) is 0 Å². The summed E-state index contributed by atoms with van der Waals surface area (Å²) in [6.45, 7) is 8.81. The molecule has 0 rings (SSSR count). The number of rotatable bonds is 12. The van der Waals surface area contributed by atoms with Crippen molar-refractivity contribution in [2.24, 2.45) is 5.41 Å². The Balaban J connectivity index is 3.26. The van der Waals surface area contributed by atoms with Crippen LogP contribution in [0.4, 0.5) is 0 Å². The maximum absolute atomic E-state index is 5.70. The summed E-state index contributed by atoms with van der Waals surface area (Å²) >= 11 is 5.70. The molecule has 0 spiro atoms. The monoisotopic (exact) mass is 265 g/mol. The number of alkyl halides is 1. The largest absolute Gasteiger partial charge is 0.385 e. The molecule has 0 aromatic rings. The normalized spacial score (nSPS) is 12.0. The minimum absolute atomic E-state index is 0.324. The number of hydrogen-bond donors (Lipinski definition) is 1. The van der Waals surface area contributed by atoms with Crippen LogP contribution in [0.1, 0.15) is 33.1 Å². The zero-order valence-corrected chi connectivity index (χ0v) is 12.3. The number of halogens is 1. The summed E-state index contributed by atoms with van der Waals surface area (Å²) < 4.78 is 10.4. The van der Waals surface area contributed by atoms with Gasteiger partial charge < -0.3 is 14.8 Å². The molecule has 0 bridgehead atoms. The highest BCUT2D eigenvalue weighted by atomic mass is 35.5. The van der Waals surface area contributed by atoms with E-state index in [0.29, 0.717) is 5.41 Å². The van der Waals surface area contributed by atoms with E-state index in [9.17, 15) is 0 Å². The first-order valence-corrected chi connectivity index (χ1v) is 6.99. The second kappa shape index (κ2) is 11.3. The minimum atomic E-state index is 0.324. The Morgan fingerprint density at radius 1 is 1.12 bits per heavy atom. The van der Waals surface area contributed by atoms with Gasteiger partial charge in [0.05, 0.1) is 6.61 Å². The Morgan fingerprint density at radius 2 is 1.88 bits per heavy atom. The fourth-order valence-corrected chi connectivity index (χ4v) is 1.75. The van der Waals surface area contributed by atoms with Crippen molar-refractivity contribution < 1.29 is 9.47 Å². The smallest absolute Gasteiger partial charge is 0.0590 e. The van der Waals surface area contributed by atoms with Gasteiger partial charge in [-0.05, 0) is 24.7 Å². The summed E-state index contributed by atoms with van der Waals surface area (Å²) in [5.74, 6) is 0.756. The van der Waals surface area contributed by atoms with Gasteiger partial charge in [0.15, 0.2) is 0 Å². The molecule has 1 N–H and O–H groups in total. The quantitative estimate of drug-likeness (QED) is 0.435. The lowest BCUT2D eigenvalue weighted by molar-refractivity contribution is 0.103. The van der Waals surface area contributed by atoms with Crippen molar-refractivity contribution >= 4 is 11.6 Å². The van der Waals surface area contributed by atoms with Crippen LogP contribution in [-0.4, -0.2) is 45.9 Å². The molecule has 3 nitrogen and oxygen atoms in total. The highest BCUT2D eigenvalue weighted by Crippen LogP contribution is 2.21. The van der Waals surface area contributed by atoms with Crippen LogP contribution in [-0.2, 0) is 9.47 Å². The van der Waals surface area contributed by atoms with Crippen LogP contribution in [0.2, 0.25) is 0 Å². The third kappa shape index (κ3) is 12.4. The molecule has 0 aliphatic carbocycles. The average Bonchev–Trinajstić information content (AvgIpc) is 2.30. The molecule has 0 unspecified atom stereocenters. The van der Waals surface area contributed by atoms with E-state index < -0.39 is 0 Å². The third-order valence-electron chi connectivity index (χ3n) is 2.65. The molecule has 0 aliphatic heterocycles. The first-order chi connectivity index (χ1) is 8.12. The predicted octanol–water partition coefficient (Wildman–Crippen LogP) is 2.67. The summed E-state index contributed by atoms with van der Waals surface area (Å²) in [5.41, 5.74) is 0.324. The Bertz CT molecular complexity index is 165. The average molecular weight is 266 g/mol. The van der Waals surface area contributed by atoms with Crippen LogP contribution >= 0.6 is 11.6 Å². The summed E-state index contributed by atoms with van der Waals surface area (Å²) in [4.78, 5) is 0. The van der Waals surface area contributed by atoms with Gasteiger partial charge in [-0.2, -0.15) is 0 Å². The zero-order chi connectivity index (χ0) is 13.0. The van der Waals surface area contributed by atoms with Crippen LogP contribution in [0, 0.1) is 5.41 Å². The number of ether oxygens (including phenoxy) is 2. The molecule has 0 aromatic heterocycles. The number of methoxy groups -OCH3 is 1. The van der Waals surface area contributed by atoms with Crippen LogP contribution in [0.15, 0.2) is 0 Å². The van der Waals surface area contributed by atoms with Crippen LogP contribution in [0.25, 0.3) is 0 Å². The van der Waals surface area contributed by atoms with E-state index >= 15 is 0 Å². The lowest BCUT2D eigenvalue weighted by Gasteiger charge is -2.24. The van der Waals surface area contributed by atoms with Crippen molar-refractivity contribution in [3.63, 3.8) is 0 Å². The van der Waals surface area contributed by atoms with Gasteiger partial charge in [0.25, 0.3) is 0 Å². The SMILES string of the molecule is COCCCOCCNCC(C)(C)CCCCl. The van der Waals surface area contributed by atoms with E-state index in [2.05, 4.69) is 19.2 Å². The molecule has 104 valence electrons. The molecule has 0 amide bonds. The van der Waals surface area contributed by atoms with E-state index in [1.807, 2.05) is 0 Å². The molecule has 0 fully saturated rings. The molecule has 17 heavy (non-hydrogen) atoms. The van der Waals surface area contributed by atoms with Crippen molar-refractivity contribution in [1.29, 1.82) is 0 Å². The van der Waals surface area contributed by atoms with Gasteiger partial charge in [0.1, 0.15) is 0 Å². The van der Waals surface area contributed by atoms with Gasteiger partial charge in [-0.3, -0.25) is 0 Å². The molecule has 4 heteroatoms. The predicted molar refractivity (Wildman–Crippen MR) is 73.9 cm³/mol. The maximum Gasteiger partial charge on any atom is 0.0590 e. The molecular formula is C13H28ClNO2. The highest BCUT2D eigenvalue weighted by molar-refractivity contribution is 6.17. The Kier molecular flexibility index (Phi) is 11.4. The first kappa shape index (κ1) is 17.2. The number of nitrogens with one attached hydrogen (secondary N) is 1. The van der Waals surface area contributed by atoms with Gasteiger partial charge in [0, 0.05) is 39.3 Å². The lowest BCUT2D eigenvalue weighted by Crippen LogP contribution is -2.31. The Morgan fingerprint density at radius 3 is 2.53 bits per heavy atom. The molecule has 0 atom stereocenters. The zero-order valence-electron chi connectivity index (χ0n) is 11.6. The fraction of sp³-hybridized carbons (Fsp3) is 1.00. The fourth-order valence-electron chi connectivity index (χ4n) is 1.61. The molecule has 0 aliphatic rings. The summed E-state index contributed by atoms with van der Waals surface area (Å²) in [5, 5.41) is 3.43. The maximum atomic E-state index is 5.70. The van der Waals surface area contributed by atoms with E-state index in [4.69, 9.17) is 21.1 Å². The minimum Gasteiger partial charge on any atom is -0.385 e. The first-order valence-electron chi connectivity index (χ1n) is 6.46. The Hall–Kier alpha value is 0.170. The van der Waals surface area contributed by atoms with Crippen molar-refractivity contribution in [2.45, 2.75) is 33.1 Å². The van der Waals surface area contributed by atoms with Crippen molar-refractivity contribution in [3.8, 4) is 0 Å². The molecule has 0 saturated carbocycles. The second-order valence-corrected chi connectivity index (χ2v) is 5.47. The molecule has 0 heterocycles. The molecule has 0 aromatic carbocycles. The third-order valence-corrected chi connectivity index (χ3v) is 2.92. The second-order valence-electron chi connectivity index (χ2n) is 5.09. The summed E-state index contributed by atoms with van der Waals surface area (Å²) in [7, 11) is 1.71. The Labute approximate surface area is 111 Å². The summed E-state index contributed by atoms with van der Waals surface area (Å²) in [6, 6.07) is 0. The van der Waals surface area contributed by atoms with Gasteiger partial charge in [-0.15, -0.1) is 11.6 Å². The van der Waals surface area contributed by atoms with Crippen molar-refractivity contribution in [2.75, 3.05) is 45.9 Å². The molecule has 0 radical (unpaired) electrons. The topological polar surface area (TPSA) is 30.5 Å². The highest BCUT2D eigenvalue weighted by Gasteiger charge is 2.16. The van der Waals surface area contributed by atoms with E-state index in [1.54, 1.807) is 7.11 Å². The van der Waals surface area contributed by atoms with Crippen molar-refractivity contribution in [3.05, 3.63) is 0 Å². The summed E-state index contributed by atoms with van der Waals surface area (Å²) in [6.07, 6.45) is 3.22. The standard InChI is InChI=1S/C13H28ClNO2/c1-13(2,6-4-7-14)12-15-8-11-17-10-5-9-16-3/h15H,4-12H2,1-3H3. The van der Waals surface area contributed by atoms with Crippen LogP contribution in [0.5, 0.6) is 0 Å². The van der Waals surface area contributed by atoms with Crippen molar-refractivity contribution in [1.82, 2.24) is 5.32 Å². The van der Waals surface area contributed by atoms with Gasteiger partial charge in [-0.25, -0.2) is 0 Å². The van der Waals surface area contributed by atoms with Crippen LogP contribution in [0.3, 0.4) is 0 Å². The van der Waals surface area contributed by atoms with Crippen LogP contribution < -0.4 is 5.32 Å². The molecule has 0 saturated heterocycles. The van der Waals surface area contributed by atoms with E-state index in [0.717, 1.165) is 58.1 Å².